The molecule has 23 heavy (non-hydrogen) atoms. The molecule has 1 aliphatic carbocycles. The smallest absolute Gasteiger partial charge is 0.319 e. The summed E-state index contributed by atoms with van der Waals surface area (Å²) in [5, 5.41) is 8.97. The van der Waals surface area contributed by atoms with E-state index in [1.165, 1.54) is 0 Å². The van der Waals surface area contributed by atoms with Crippen molar-refractivity contribution in [3.05, 3.63) is 29.8 Å². The molecule has 7 heteroatoms. The molecule has 6 nitrogen and oxygen atoms in total. The number of halogens is 1. The van der Waals surface area contributed by atoms with Gasteiger partial charge in [0.1, 0.15) is 0 Å². The molecule has 0 spiro atoms. The van der Waals surface area contributed by atoms with E-state index in [4.69, 9.17) is 0 Å². The summed E-state index contributed by atoms with van der Waals surface area (Å²) in [6.07, 6.45) is 2.10. The lowest BCUT2D eigenvalue weighted by molar-refractivity contribution is 0.0709. The summed E-state index contributed by atoms with van der Waals surface area (Å²) in [4.78, 5) is 26.2. The van der Waals surface area contributed by atoms with Crippen molar-refractivity contribution in [3.8, 4) is 0 Å². The molecule has 1 aliphatic heterocycles. The summed E-state index contributed by atoms with van der Waals surface area (Å²) < 4.78 is 0. The quantitative estimate of drug-likeness (QED) is 0.787. The standard InChI is InChI=1S/C16H22N4O2.ClH/c1-11-10-20(8-7-17-11)15(21)12-3-2-4-14(9-12)19-16(22)18-13-5-6-13;/h2-4,9,11,13,17H,5-8,10H2,1H3,(H2,18,19,22);1H. The van der Waals surface area contributed by atoms with Gasteiger partial charge in [0.05, 0.1) is 0 Å². The normalized spacial score (nSPS) is 20.4. The van der Waals surface area contributed by atoms with E-state index in [1.54, 1.807) is 24.3 Å². The molecule has 2 aliphatic rings. The Kier molecular flexibility index (Phi) is 5.85. The summed E-state index contributed by atoms with van der Waals surface area (Å²) in [7, 11) is 0. The summed E-state index contributed by atoms with van der Waals surface area (Å²) >= 11 is 0. The predicted molar refractivity (Wildman–Crippen MR) is 92.2 cm³/mol. The lowest BCUT2D eigenvalue weighted by atomic mass is 10.1. The van der Waals surface area contributed by atoms with Crippen LogP contribution in [0.3, 0.4) is 0 Å². The number of hydrogen-bond acceptors (Lipinski definition) is 3. The van der Waals surface area contributed by atoms with Gasteiger partial charge in [0, 0.05) is 43.0 Å². The van der Waals surface area contributed by atoms with E-state index < -0.39 is 0 Å². The maximum atomic E-state index is 12.5. The second-order valence-electron chi connectivity index (χ2n) is 6.06. The molecule has 2 fully saturated rings. The van der Waals surface area contributed by atoms with E-state index in [9.17, 15) is 9.59 Å². The van der Waals surface area contributed by atoms with Crippen molar-refractivity contribution >= 4 is 30.0 Å². The van der Waals surface area contributed by atoms with Gasteiger partial charge in [-0.1, -0.05) is 6.07 Å². The highest BCUT2D eigenvalue weighted by Crippen LogP contribution is 2.19. The first-order valence-electron chi connectivity index (χ1n) is 7.82. The Labute approximate surface area is 142 Å². The van der Waals surface area contributed by atoms with Crippen molar-refractivity contribution in [2.75, 3.05) is 25.0 Å². The number of nitrogens with one attached hydrogen (secondary N) is 3. The Morgan fingerprint density at radius 2 is 2.09 bits per heavy atom. The fourth-order valence-corrected chi connectivity index (χ4v) is 2.61. The molecule has 3 amide bonds. The minimum atomic E-state index is -0.206. The summed E-state index contributed by atoms with van der Waals surface area (Å²) in [5.41, 5.74) is 1.26. The highest BCUT2D eigenvalue weighted by Gasteiger charge is 2.24. The average molecular weight is 339 g/mol. The molecule has 3 N–H and O–H groups in total. The fraction of sp³-hybridized carbons (Fsp3) is 0.500. The lowest BCUT2D eigenvalue weighted by Crippen LogP contribution is -2.51. The molecular weight excluding hydrogens is 316 g/mol. The van der Waals surface area contributed by atoms with Crippen LogP contribution in [0.2, 0.25) is 0 Å². The molecule has 1 saturated carbocycles. The zero-order valence-electron chi connectivity index (χ0n) is 13.2. The zero-order chi connectivity index (χ0) is 15.5. The van der Waals surface area contributed by atoms with Crippen LogP contribution in [0.5, 0.6) is 0 Å². The topological polar surface area (TPSA) is 73.5 Å². The third-order valence-corrected chi connectivity index (χ3v) is 3.94. The number of urea groups is 1. The molecule has 126 valence electrons. The van der Waals surface area contributed by atoms with Gasteiger partial charge < -0.3 is 20.9 Å². The number of carbonyl (C=O) groups is 2. The van der Waals surface area contributed by atoms with Crippen LogP contribution in [-0.2, 0) is 0 Å². The van der Waals surface area contributed by atoms with Gasteiger partial charge in [0.25, 0.3) is 5.91 Å². The molecule has 1 unspecified atom stereocenters. The van der Waals surface area contributed by atoms with Gasteiger partial charge in [-0.3, -0.25) is 4.79 Å². The number of hydrogen-bond donors (Lipinski definition) is 3. The minimum Gasteiger partial charge on any atom is -0.336 e. The predicted octanol–water partition coefficient (Wildman–Crippen LogP) is 1.83. The van der Waals surface area contributed by atoms with Crippen molar-refractivity contribution in [2.24, 2.45) is 0 Å². The average Bonchev–Trinajstić information content (AvgIpc) is 3.30. The third-order valence-electron chi connectivity index (χ3n) is 3.94. The molecular formula is C16H23ClN4O2. The Balaban J connectivity index is 0.00000192. The number of anilines is 1. The molecule has 3 rings (SSSR count). The van der Waals surface area contributed by atoms with Crippen molar-refractivity contribution in [3.63, 3.8) is 0 Å². The van der Waals surface area contributed by atoms with Crippen LogP contribution in [0.15, 0.2) is 24.3 Å². The van der Waals surface area contributed by atoms with Gasteiger partial charge in [-0.25, -0.2) is 4.79 Å². The SMILES string of the molecule is CC1CN(C(=O)c2cccc(NC(=O)NC3CC3)c2)CCN1.Cl. The highest BCUT2D eigenvalue weighted by atomic mass is 35.5. The first kappa shape index (κ1) is 17.6. The molecule has 1 saturated heterocycles. The number of benzene rings is 1. The number of nitrogens with zero attached hydrogens (tertiary/aromatic N) is 1. The van der Waals surface area contributed by atoms with Gasteiger partial charge in [-0.2, -0.15) is 0 Å². The number of carbonyl (C=O) groups excluding carboxylic acids is 2. The molecule has 1 heterocycles. The number of piperazine rings is 1. The number of rotatable bonds is 3. The maximum absolute atomic E-state index is 12.5. The van der Waals surface area contributed by atoms with Crippen LogP contribution in [0.1, 0.15) is 30.1 Å². The highest BCUT2D eigenvalue weighted by molar-refractivity contribution is 5.97. The van der Waals surface area contributed by atoms with Crippen LogP contribution in [-0.4, -0.2) is 48.6 Å². The van der Waals surface area contributed by atoms with Crippen LogP contribution in [0.4, 0.5) is 10.5 Å². The fourth-order valence-electron chi connectivity index (χ4n) is 2.61. The van der Waals surface area contributed by atoms with E-state index in [2.05, 4.69) is 22.9 Å². The molecule has 1 atom stereocenters. The van der Waals surface area contributed by atoms with E-state index >= 15 is 0 Å². The second kappa shape index (κ2) is 7.66. The van der Waals surface area contributed by atoms with Crippen LogP contribution >= 0.6 is 12.4 Å². The summed E-state index contributed by atoms with van der Waals surface area (Å²) in [6.45, 7) is 4.30. The van der Waals surface area contributed by atoms with Crippen molar-refractivity contribution in [1.82, 2.24) is 15.5 Å². The molecule has 1 aromatic rings. The summed E-state index contributed by atoms with van der Waals surface area (Å²) in [5.74, 6) is 0.0135. The van der Waals surface area contributed by atoms with Crippen molar-refractivity contribution in [1.29, 1.82) is 0 Å². The summed E-state index contributed by atoms with van der Waals surface area (Å²) in [6, 6.07) is 7.54. The Morgan fingerprint density at radius 3 is 2.78 bits per heavy atom. The monoisotopic (exact) mass is 338 g/mol. The Morgan fingerprint density at radius 1 is 1.30 bits per heavy atom. The van der Waals surface area contributed by atoms with E-state index in [0.29, 0.717) is 36.4 Å². The van der Waals surface area contributed by atoms with Crippen LogP contribution in [0, 0.1) is 0 Å². The van der Waals surface area contributed by atoms with Crippen molar-refractivity contribution < 1.29 is 9.59 Å². The minimum absolute atomic E-state index is 0. The van der Waals surface area contributed by atoms with Crippen LogP contribution < -0.4 is 16.0 Å². The largest absolute Gasteiger partial charge is 0.336 e. The second-order valence-corrected chi connectivity index (χ2v) is 6.06. The Hall–Kier alpha value is -1.79. The van der Waals surface area contributed by atoms with Gasteiger partial charge in [-0.15, -0.1) is 12.4 Å². The van der Waals surface area contributed by atoms with E-state index in [-0.39, 0.29) is 24.3 Å². The first-order chi connectivity index (χ1) is 10.6. The van der Waals surface area contributed by atoms with Gasteiger partial charge in [0.15, 0.2) is 0 Å². The first-order valence-corrected chi connectivity index (χ1v) is 7.82. The molecule has 0 radical (unpaired) electrons. The van der Waals surface area contributed by atoms with Gasteiger partial charge >= 0.3 is 6.03 Å². The van der Waals surface area contributed by atoms with Crippen molar-refractivity contribution in [2.45, 2.75) is 31.8 Å². The molecule has 0 bridgehead atoms. The van der Waals surface area contributed by atoms with E-state index in [0.717, 1.165) is 19.4 Å². The zero-order valence-corrected chi connectivity index (χ0v) is 14.0. The molecule has 1 aromatic carbocycles. The van der Waals surface area contributed by atoms with E-state index in [1.807, 2.05) is 4.90 Å². The number of amides is 3. The molecule has 0 aromatic heterocycles. The lowest BCUT2D eigenvalue weighted by Gasteiger charge is -2.32. The van der Waals surface area contributed by atoms with Crippen LogP contribution in [0.25, 0.3) is 0 Å². The van der Waals surface area contributed by atoms with Gasteiger partial charge in [-0.05, 0) is 38.0 Å². The Bertz CT molecular complexity index is 577. The van der Waals surface area contributed by atoms with Gasteiger partial charge in [0.2, 0.25) is 0 Å². The maximum Gasteiger partial charge on any atom is 0.319 e. The third kappa shape index (κ3) is 4.84.